The van der Waals surface area contributed by atoms with Gasteiger partial charge in [-0.3, -0.25) is 4.79 Å². The summed E-state index contributed by atoms with van der Waals surface area (Å²) in [5.74, 6) is 1.32. The zero-order valence-corrected chi connectivity index (χ0v) is 18.6. The lowest BCUT2D eigenvalue weighted by atomic mass is 9.98. The van der Waals surface area contributed by atoms with Crippen molar-refractivity contribution in [3.8, 4) is 11.5 Å². The van der Waals surface area contributed by atoms with Crippen LogP contribution < -0.4 is 9.47 Å². The van der Waals surface area contributed by atoms with Gasteiger partial charge in [-0.25, -0.2) is 0 Å². The van der Waals surface area contributed by atoms with Crippen molar-refractivity contribution in [2.75, 3.05) is 0 Å². The summed E-state index contributed by atoms with van der Waals surface area (Å²) >= 11 is 3.42. The van der Waals surface area contributed by atoms with Crippen molar-refractivity contribution in [3.63, 3.8) is 0 Å². The molecule has 4 heteroatoms. The fraction of sp³-hybridized carbons (Fsp3) is 0.192. The lowest BCUT2D eigenvalue weighted by molar-refractivity contribution is 0.103. The molecular formula is C26H23BrO3. The molecule has 0 atom stereocenters. The maximum absolute atomic E-state index is 12.9. The number of rotatable bonds is 6. The fourth-order valence-electron chi connectivity index (χ4n) is 3.53. The average Bonchev–Trinajstić information content (AvgIpc) is 3.07. The highest BCUT2D eigenvalue weighted by Crippen LogP contribution is 2.43. The Morgan fingerprint density at radius 3 is 2.53 bits per heavy atom. The minimum Gasteiger partial charge on any atom is -0.488 e. The highest BCUT2D eigenvalue weighted by molar-refractivity contribution is 9.10. The van der Waals surface area contributed by atoms with Crippen LogP contribution in [-0.4, -0.2) is 11.4 Å². The van der Waals surface area contributed by atoms with Crippen LogP contribution in [0.1, 0.15) is 40.9 Å². The fourth-order valence-corrected chi connectivity index (χ4v) is 3.80. The molecule has 3 nitrogen and oxygen atoms in total. The minimum atomic E-state index is -0.376. The summed E-state index contributed by atoms with van der Waals surface area (Å²) < 4.78 is 13.3. The van der Waals surface area contributed by atoms with Crippen molar-refractivity contribution in [2.24, 2.45) is 0 Å². The molecule has 0 N–H and O–H groups in total. The number of halogens is 1. The first kappa shape index (κ1) is 20.4. The molecule has 0 amide bonds. The van der Waals surface area contributed by atoms with Crippen LogP contribution in [0.4, 0.5) is 0 Å². The van der Waals surface area contributed by atoms with Crippen LogP contribution in [0.5, 0.6) is 11.5 Å². The van der Waals surface area contributed by atoms with E-state index in [1.54, 1.807) is 12.1 Å². The first-order chi connectivity index (χ1) is 14.4. The van der Waals surface area contributed by atoms with Gasteiger partial charge in [0, 0.05) is 16.5 Å². The molecule has 4 rings (SSSR count). The van der Waals surface area contributed by atoms with E-state index in [1.165, 1.54) is 0 Å². The van der Waals surface area contributed by atoms with E-state index in [0.29, 0.717) is 24.3 Å². The van der Waals surface area contributed by atoms with Gasteiger partial charge < -0.3 is 9.47 Å². The second-order valence-corrected chi connectivity index (χ2v) is 8.90. The first-order valence-electron chi connectivity index (χ1n) is 9.91. The summed E-state index contributed by atoms with van der Waals surface area (Å²) in [6.45, 7) is 4.53. The Labute approximate surface area is 185 Å². The van der Waals surface area contributed by atoms with Gasteiger partial charge in [-0.05, 0) is 55.3 Å². The highest BCUT2D eigenvalue weighted by atomic mass is 79.9. The molecule has 0 unspecified atom stereocenters. The number of hydrogen-bond donors (Lipinski definition) is 0. The number of allylic oxidation sites excluding steroid dienone is 1. The van der Waals surface area contributed by atoms with Gasteiger partial charge >= 0.3 is 0 Å². The van der Waals surface area contributed by atoms with E-state index < -0.39 is 0 Å². The Hall–Kier alpha value is -2.85. The number of ketones is 1. The van der Waals surface area contributed by atoms with E-state index in [2.05, 4.69) is 15.9 Å². The second-order valence-electron chi connectivity index (χ2n) is 7.98. The quantitative estimate of drug-likeness (QED) is 0.304. The van der Waals surface area contributed by atoms with Gasteiger partial charge in [0.1, 0.15) is 23.7 Å². The standard InChI is InChI=1S/C26H23BrO3/c1-26(2)16-22-24(29-17-19-6-4-3-5-7-19)15-13-21(25(22)30-26)23(28)14-10-18-8-11-20(27)12-9-18/h3-15H,16-17H2,1-2H3/b14-10+. The van der Waals surface area contributed by atoms with E-state index in [9.17, 15) is 4.79 Å². The summed E-state index contributed by atoms with van der Waals surface area (Å²) in [4.78, 5) is 12.9. The normalized spacial score (nSPS) is 14.4. The van der Waals surface area contributed by atoms with Crippen LogP contribution >= 0.6 is 15.9 Å². The van der Waals surface area contributed by atoms with Gasteiger partial charge in [0.2, 0.25) is 0 Å². The number of fused-ring (bicyclic) bond motifs is 1. The average molecular weight is 463 g/mol. The highest BCUT2D eigenvalue weighted by Gasteiger charge is 2.35. The van der Waals surface area contributed by atoms with E-state index in [-0.39, 0.29) is 11.4 Å². The van der Waals surface area contributed by atoms with Crippen LogP contribution in [-0.2, 0) is 13.0 Å². The van der Waals surface area contributed by atoms with E-state index >= 15 is 0 Å². The Morgan fingerprint density at radius 1 is 1.07 bits per heavy atom. The van der Waals surface area contributed by atoms with E-state index in [0.717, 1.165) is 26.9 Å². The van der Waals surface area contributed by atoms with Gasteiger partial charge in [-0.1, -0.05) is 64.5 Å². The number of carbonyl (C=O) groups is 1. The topological polar surface area (TPSA) is 35.5 Å². The van der Waals surface area contributed by atoms with Gasteiger partial charge in [-0.15, -0.1) is 0 Å². The van der Waals surface area contributed by atoms with Gasteiger partial charge in [-0.2, -0.15) is 0 Å². The summed E-state index contributed by atoms with van der Waals surface area (Å²) in [6, 6.07) is 21.5. The van der Waals surface area contributed by atoms with Crippen molar-refractivity contribution < 1.29 is 14.3 Å². The zero-order valence-electron chi connectivity index (χ0n) is 17.0. The predicted molar refractivity (Wildman–Crippen MR) is 123 cm³/mol. The summed E-state index contributed by atoms with van der Waals surface area (Å²) in [5, 5.41) is 0. The Kier molecular flexibility index (Phi) is 5.78. The first-order valence-corrected chi connectivity index (χ1v) is 10.7. The monoisotopic (exact) mass is 462 g/mol. The summed E-state index contributed by atoms with van der Waals surface area (Å²) in [5.41, 5.74) is 3.21. The lowest BCUT2D eigenvalue weighted by Gasteiger charge is -2.17. The molecule has 1 aliphatic rings. The van der Waals surface area contributed by atoms with E-state index in [1.807, 2.05) is 80.6 Å². The maximum atomic E-state index is 12.9. The largest absolute Gasteiger partial charge is 0.488 e. The molecule has 30 heavy (non-hydrogen) atoms. The molecule has 0 radical (unpaired) electrons. The Bertz CT molecular complexity index is 1080. The van der Waals surface area contributed by atoms with Crippen molar-refractivity contribution in [1.29, 1.82) is 0 Å². The van der Waals surface area contributed by atoms with Gasteiger partial charge in [0.25, 0.3) is 0 Å². The van der Waals surface area contributed by atoms with E-state index in [4.69, 9.17) is 9.47 Å². The molecule has 0 bridgehead atoms. The number of hydrogen-bond acceptors (Lipinski definition) is 3. The summed E-state index contributed by atoms with van der Waals surface area (Å²) in [6.07, 6.45) is 4.11. The van der Waals surface area contributed by atoms with Crippen LogP contribution in [0, 0.1) is 0 Å². The van der Waals surface area contributed by atoms with Crippen molar-refractivity contribution in [3.05, 3.63) is 99.5 Å². The number of carbonyl (C=O) groups excluding carboxylic acids is 1. The van der Waals surface area contributed by atoms with Crippen molar-refractivity contribution in [1.82, 2.24) is 0 Å². The summed E-state index contributed by atoms with van der Waals surface area (Å²) in [7, 11) is 0. The molecule has 0 spiro atoms. The Morgan fingerprint density at radius 2 is 1.80 bits per heavy atom. The molecule has 3 aromatic carbocycles. The van der Waals surface area contributed by atoms with Gasteiger partial charge in [0.15, 0.2) is 5.78 Å². The smallest absolute Gasteiger partial charge is 0.189 e. The van der Waals surface area contributed by atoms with Gasteiger partial charge in [0.05, 0.1) is 5.56 Å². The zero-order chi connectivity index (χ0) is 21.1. The second kappa shape index (κ2) is 8.49. The molecule has 0 aromatic heterocycles. The van der Waals surface area contributed by atoms with Crippen LogP contribution in [0.2, 0.25) is 0 Å². The SMILES string of the molecule is CC1(C)Cc2c(OCc3ccccc3)ccc(C(=O)/C=C/c3ccc(Br)cc3)c2O1. The molecule has 0 saturated heterocycles. The third-order valence-corrected chi connectivity index (χ3v) is 5.53. The van der Waals surface area contributed by atoms with Crippen molar-refractivity contribution >= 4 is 27.8 Å². The van der Waals surface area contributed by atoms with Crippen LogP contribution in [0.25, 0.3) is 6.08 Å². The number of ether oxygens (including phenoxy) is 2. The third kappa shape index (κ3) is 4.65. The molecule has 0 saturated carbocycles. The van der Waals surface area contributed by atoms with Crippen LogP contribution in [0.15, 0.2) is 77.3 Å². The third-order valence-electron chi connectivity index (χ3n) is 5.00. The molecule has 152 valence electrons. The molecule has 1 heterocycles. The lowest BCUT2D eigenvalue weighted by Crippen LogP contribution is -2.25. The van der Waals surface area contributed by atoms with Crippen LogP contribution in [0.3, 0.4) is 0 Å². The molecule has 0 fully saturated rings. The molecule has 1 aliphatic heterocycles. The molecule has 3 aromatic rings. The molecular weight excluding hydrogens is 440 g/mol. The molecule has 0 aliphatic carbocycles. The van der Waals surface area contributed by atoms with Crippen molar-refractivity contribution in [2.45, 2.75) is 32.5 Å². The maximum Gasteiger partial charge on any atom is 0.189 e. The Balaban J connectivity index is 1.59. The predicted octanol–water partition coefficient (Wildman–Crippen LogP) is 6.64. The minimum absolute atomic E-state index is 0.0820. The number of benzene rings is 3.